The van der Waals surface area contributed by atoms with Crippen molar-refractivity contribution in [3.05, 3.63) is 15.4 Å². The van der Waals surface area contributed by atoms with Crippen LogP contribution in [0, 0.1) is 6.92 Å². The maximum Gasteiger partial charge on any atom is 0.318 e. The lowest BCUT2D eigenvalue weighted by molar-refractivity contribution is -0.135. The predicted octanol–water partition coefficient (Wildman–Crippen LogP) is 1.18. The van der Waals surface area contributed by atoms with Crippen molar-refractivity contribution >= 4 is 43.3 Å². The maximum atomic E-state index is 11.5. The van der Waals surface area contributed by atoms with E-state index in [2.05, 4.69) is 15.9 Å². The first-order chi connectivity index (χ1) is 6.83. The maximum absolute atomic E-state index is 11.5. The zero-order chi connectivity index (χ0) is 11.6. The second-order valence-corrected chi connectivity index (χ2v) is 7.10. The van der Waals surface area contributed by atoms with Crippen molar-refractivity contribution in [1.29, 1.82) is 0 Å². The molecule has 0 radical (unpaired) electrons. The Morgan fingerprint density at radius 2 is 2.27 bits per heavy atom. The summed E-state index contributed by atoms with van der Waals surface area (Å²) in [6.07, 6.45) is 0. The molecular weight excluding hydrogens is 306 g/mol. The average molecular weight is 314 g/mol. The molecule has 15 heavy (non-hydrogen) atoms. The van der Waals surface area contributed by atoms with E-state index in [9.17, 15) is 13.2 Å². The number of sulfonamides is 1. The summed E-state index contributed by atoms with van der Waals surface area (Å²) in [5.41, 5.74) is 0.802. The number of rotatable bonds is 4. The lowest BCUT2D eigenvalue weighted by Gasteiger charge is -2.00. The summed E-state index contributed by atoms with van der Waals surface area (Å²) in [5, 5.41) is 8.35. The van der Waals surface area contributed by atoms with Gasteiger partial charge in [-0.2, -0.15) is 4.72 Å². The van der Waals surface area contributed by atoms with E-state index in [0.717, 1.165) is 20.7 Å². The van der Waals surface area contributed by atoms with Gasteiger partial charge in [0.25, 0.3) is 10.0 Å². The Bertz CT molecular complexity index is 460. The Morgan fingerprint density at radius 1 is 1.67 bits per heavy atom. The number of carboxylic acid groups (broad SMARTS) is 1. The molecule has 1 aromatic heterocycles. The van der Waals surface area contributed by atoms with Crippen LogP contribution in [-0.2, 0) is 14.8 Å². The van der Waals surface area contributed by atoms with Gasteiger partial charge in [0.2, 0.25) is 0 Å². The van der Waals surface area contributed by atoms with Crippen LogP contribution in [0.1, 0.15) is 5.56 Å². The standard InChI is InChI=1S/C7H8BrNO4S2/c1-4-2-6(14-7(4)8)15(12,13)9-3-5(10)11/h2,9H,3H2,1H3,(H,10,11). The molecule has 0 fully saturated rings. The number of hydrogen-bond donors (Lipinski definition) is 2. The molecule has 0 aliphatic rings. The van der Waals surface area contributed by atoms with E-state index in [4.69, 9.17) is 5.11 Å². The minimum Gasteiger partial charge on any atom is -0.480 e. The molecule has 1 aromatic rings. The molecule has 1 rings (SSSR count). The predicted molar refractivity (Wildman–Crippen MR) is 59.6 cm³/mol. The fourth-order valence-corrected chi connectivity index (χ4v) is 4.04. The van der Waals surface area contributed by atoms with Gasteiger partial charge in [-0.05, 0) is 34.5 Å². The Kier molecular flexibility index (Phi) is 3.87. The number of nitrogens with one attached hydrogen (secondary N) is 1. The van der Waals surface area contributed by atoms with Crippen molar-refractivity contribution in [1.82, 2.24) is 4.72 Å². The third-order valence-electron chi connectivity index (χ3n) is 1.51. The van der Waals surface area contributed by atoms with E-state index in [1.54, 1.807) is 6.92 Å². The molecule has 0 saturated heterocycles. The number of hydrogen-bond acceptors (Lipinski definition) is 4. The molecule has 0 aliphatic heterocycles. The molecule has 0 spiro atoms. The summed E-state index contributed by atoms with van der Waals surface area (Å²) >= 11 is 4.24. The fraction of sp³-hybridized carbons (Fsp3) is 0.286. The van der Waals surface area contributed by atoms with Crippen LogP contribution in [0.2, 0.25) is 0 Å². The molecule has 0 aromatic carbocycles. The second kappa shape index (κ2) is 4.60. The van der Waals surface area contributed by atoms with Crippen molar-refractivity contribution in [2.45, 2.75) is 11.1 Å². The van der Waals surface area contributed by atoms with Gasteiger partial charge in [0.05, 0.1) is 3.79 Å². The highest BCUT2D eigenvalue weighted by molar-refractivity contribution is 9.11. The minimum absolute atomic E-state index is 0.105. The zero-order valence-corrected chi connectivity index (χ0v) is 10.9. The molecule has 5 nitrogen and oxygen atoms in total. The first kappa shape index (κ1) is 12.6. The van der Waals surface area contributed by atoms with E-state index < -0.39 is 22.5 Å². The normalized spacial score (nSPS) is 11.6. The lowest BCUT2D eigenvalue weighted by atomic mass is 10.4. The van der Waals surface area contributed by atoms with E-state index in [1.165, 1.54) is 6.07 Å². The highest BCUT2D eigenvalue weighted by Crippen LogP contribution is 2.30. The number of halogens is 1. The molecule has 84 valence electrons. The van der Waals surface area contributed by atoms with Gasteiger partial charge < -0.3 is 5.11 Å². The number of carboxylic acids is 1. The van der Waals surface area contributed by atoms with Crippen molar-refractivity contribution in [2.24, 2.45) is 0 Å². The zero-order valence-electron chi connectivity index (χ0n) is 7.65. The Balaban J connectivity index is 2.91. The highest BCUT2D eigenvalue weighted by atomic mass is 79.9. The van der Waals surface area contributed by atoms with Gasteiger partial charge in [0.1, 0.15) is 10.8 Å². The van der Waals surface area contributed by atoms with Crippen LogP contribution in [0.5, 0.6) is 0 Å². The van der Waals surface area contributed by atoms with Gasteiger partial charge in [-0.25, -0.2) is 8.42 Å². The summed E-state index contributed by atoms with van der Waals surface area (Å²) in [7, 11) is -3.70. The molecule has 1 heterocycles. The van der Waals surface area contributed by atoms with Gasteiger partial charge in [0, 0.05) is 0 Å². The molecule has 8 heteroatoms. The molecule has 0 aliphatic carbocycles. The summed E-state index contributed by atoms with van der Waals surface area (Å²) in [6, 6.07) is 1.49. The summed E-state index contributed by atoms with van der Waals surface area (Å²) < 4.78 is 25.8. The fourth-order valence-electron chi connectivity index (χ4n) is 0.792. The van der Waals surface area contributed by atoms with E-state index in [0.29, 0.717) is 0 Å². The van der Waals surface area contributed by atoms with Crippen LogP contribution in [0.4, 0.5) is 0 Å². The molecule has 0 amide bonds. The van der Waals surface area contributed by atoms with Crippen molar-refractivity contribution in [2.75, 3.05) is 6.54 Å². The largest absolute Gasteiger partial charge is 0.480 e. The first-order valence-corrected chi connectivity index (χ1v) is 6.89. The average Bonchev–Trinajstić information content (AvgIpc) is 2.45. The molecule has 0 bridgehead atoms. The Labute approximate surface area is 99.3 Å². The minimum atomic E-state index is -3.70. The molecule has 2 N–H and O–H groups in total. The van der Waals surface area contributed by atoms with Gasteiger partial charge in [-0.3, -0.25) is 4.79 Å². The van der Waals surface area contributed by atoms with E-state index in [-0.39, 0.29) is 4.21 Å². The van der Waals surface area contributed by atoms with Crippen molar-refractivity contribution in [3.8, 4) is 0 Å². The van der Waals surface area contributed by atoms with Gasteiger partial charge in [-0.15, -0.1) is 11.3 Å². The Morgan fingerprint density at radius 3 is 2.67 bits per heavy atom. The van der Waals surface area contributed by atoms with Gasteiger partial charge in [-0.1, -0.05) is 0 Å². The molecule has 0 saturated carbocycles. The highest BCUT2D eigenvalue weighted by Gasteiger charge is 2.18. The van der Waals surface area contributed by atoms with Crippen molar-refractivity contribution in [3.63, 3.8) is 0 Å². The van der Waals surface area contributed by atoms with Crippen LogP contribution in [0.15, 0.2) is 14.1 Å². The molecule has 0 atom stereocenters. The van der Waals surface area contributed by atoms with Crippen LogP contribution >= 0.6 is 27.3 Å². The van der Waals surface area contributed by atoms with E-state index >= 15 is 0 Å². The first-order valence-electron chi connectivity index (χ1n) is 3.80. The lowest BCUT2D eigenvalue weighted by Crippen LogP contribution is -2.28. The monoisotopic (exact) mass is 313 g/mol. The third kappa shape index (κ3) is 3.26. The Hall–Kier alpha value is -0.440. The molecule has 0 unspecified atom stereocenters. The van der Waals surface area contributed by atoms with E-state index in [1.807, 2.05) is 4.72 Å². The summed E-state index contributed by atoms with van der Waals surface area (Å²) in [4.78, 5) is 10.2. The van der Waals surface area contributed by atoms with Crippen LogP contribution in [0.25, 0.3) is 0 Å². The number of carbonyl (C=O) groups is 1. The summed E-state index contributed by atoms with van der Waals surface area (Å²) in [6.45, 7) is 1.15. The van der Waals surface area contributed by atoms with Crippen LogP contribution in [0.3, 0.4) is 0 Å². The van der Waals surface area contributed by atoms with Gasteiger partial charge >= 0.3 is 5.97 Å². The van der Waals surface area contributed by atoms with Crippen molar-refractivity contribution < 1.29 is 18.3 Å². The van der Waals surface area contributed by atoms with Gasteiger partial charge in [0.15, 0.2) is 0 Å². The third-order valence-corrected chi connectivity index (χ3v) is 5.52. The summed E-state index contributed by atoms with van der Waals surface area (Å²) in [5.74, 6) is -1.22. The number of thiophene rings is 1. The van der Waals surface area contributed by atoms with Crippen LogP contribution < -0.4 is 4.72 Å². The smallest absolute Gasteiger partial charge is 0.318 e. The number of aryl methyl sites for hydroxylation is 1. The second-order valence-electron chi connectivity index (χ2n) is 2.74. The van der Waals surface area contributed by atoms with Crippen LogP contribution in [-0.4, -0.2) is 26.0 Å². The molecular formula is C7H8BrNO4S2. The SMILES string of the molecule is Cc1cc(S(=O)(=O)NCC(=O)O)sc1Br. The quantitative estimate of drug-likeness (QED) is 0.874. The topological polar surface area (TPSA) is 83.5 Å². The number of aliphatic carboxylic acids is 1.